The molecule has 1 saturated heterocycles. The third kappa shape index (κ3) is 2.92. The maximum Gasteiger partial charge on any atom is 0.165 e. The smallest absolute Gasteiger partial charge is 0.165 e. The number of aromatic hydroxyl groups is 1. The molecule has 0 aliphatic carbocycles. The molecule has 0 amide bonds. The summed E-state index contributed by atoms with van der Waals surface area (Å²) in [5.74, 6) is -1.86. The van der Waals surface area contributed by atoms with E-state index in [1.165, 1.54) is 0 Å². The van der Waals surface area contributed by atoms with Crippen LogP contribution >= 0.6 is 0 Å². The summed E-state index contributed by atoms with van der Waals surface area (Å²) in [4.78, 5) is 2.17. The lowest BCUT2D eigenvalue weighted by Gasteiger charge is -2.27. The first-order valence-corrected chi connectivity index (χ1v) is 5.77. The monoisotopic (exact) mass is 242 g/mol. The Balaban J connectivity index is 2.00. The van der Waals surface area contributed by atoms with E-state index in [0.29, 0.717) is 13.0 Å². The van der Waals surface area contributed by atoms with Gasteiger partial charge in [-0.3, -0.25) is 0 Å². The van der Waals surface area contributed by atoms with E-state index in [9.17, 15) is 13.9 Å². The molecule has 1 aromatic carbocycles. The maximum atomic E-state index is 13.4. The number of rotatable bonds is 3. The minimum Gasteiger partial charge on any atom is -0.505 e. The summed E-state index contributed by atoms with van der Waals surface area (Å²) in [7, 11) is 0. The lowest BCUT2D eigenvalue weighted by Crippen LogP contribution is -2.44. The van der Waals surface area contributed by atoms with E-state index in [1.54, 1.807) is 0 Å². The molecule has 1 heterocycles. The number of piperazine rings is 1. The Hall–Kier alpha value is -1.20. The van der Waals surface area contributed by atoms with E-state index in [0.717, 1.165) is 38.3 Å². The predicted octanol–water partition coefficient (Wildman–Crippen LogP) is 1.12. The van der Waals surface area contributed by atoms with Gasteiger partial charge in [0.05, 0.1) is 0 Å². The first kappa shape index (κ1) is 12.3. The maximum absolute atomic E-state index is 13.4. The zero-order valence-electron chi connectivity index (χ0n) is 9.55. The van der Waals surface area contributed by atoms with Crippen molar-refractivity contribution in [3.8, 4) is 5.75 Å². The molecular formula is C12H16F2N2O. The van der Waals surface area contributed by atoms with Crippen molar-refractivity contribution >= 4 is 0 Å². The summed E-state index contributed by atoms with van der Waals surface area (Å²) < 4.78 is 26.5. The largest absolute Gasteiger partial charge is 0.505 e. The van der Waals surface area contributed by atoms with Gasteiger partial charge in [-0.25, -0.2) is 8.78 Å². The highest BCUT2D eigenvalue weighted by atomic mass is 19.1. The number of benzene rings is 1. The Morgan fingerprint density at radius 1 is 1.18 bits per heavy atom. The minimum atomic E-state index is -0.762. The Kier molecular flexibility index (Phi) is 3.91. The molecule has 2 N–H and O–H groups in total. The second-order valence-electron chi connectivity index (χ2n) is 4.20. The van der Waals surface area contributed by atoms with Gasteiger partial charge in [0.15, 0.2) is 11.6 Å². The van der Waals surface area contributed by atoms with Gasteiger partial charge in [-0.2, -0.15) is 0 Å². The number of halogens is 2. The fraction of sp³-hybridized carbons (Fsp3) is 0.500. The standard InChI is InChI=1S/C12H16F2N2O/c13-10-1-2-11(14)12(17)9(10)3-6-16-7-4-15-5-8-16/h1-2,15,17H,3-8H2. The number of phenols is 1. The zero-order valence-corrected chi connectivity index (χ0v) is 9.55. The van der Waals surface area contributed by atoms with Crippen molar-refractivity contribution in [2.75, 3.05) is 32.7 Å². The van der Waals surface area contributed by atoms with Crippen molar-refractivity contribution in [3.05, 3.63) is 29.3 Å². The topological polar surface area (TPSA) is 35.5 Å². The molecule has 94 valence electrons. The van der Waals surface area contributed by atoms with E-state index in [4.69, 9.17) is 0 Å². The summed E-state index contributed by atoms with van der Waals surface area (Å²) in [6, 6.07) is 2.00. The lowest BCUT2D eigenvalue weighted by molar-refractivity contribution is 0.242. The van der Waals surface area contributed by atoms with Crippen LogP contribution in [0.3, 0.4) is 0 Å². The van der Waals surface area contributed by atoms with Crippen LogP contribution in [0.4, 0.5) is 8.78 Å². The molecule has 0 aromatic heterocycles. The van der Waals surface area contributed by atoms with Crippen LogP contribution in [0.1, 0.15) is 5.56 Å². The second-order valence-corrected chi connectivity index (χ2v) is 4.20. The number of nitrogens with one attached hydrogen (secondary N) is 1. The molecule has 0 saturated carbocycles. The Morgan fingerprint density at radius 2 is 1.82 bits per heavy atom. The molecule has 0 radical (unpaired) electrons. The van der Waals surface area contributed by atoms with Crippen LogP contribution < -0.4 is 5.32 Å². The fourth-order valence-electron chi connectivity index (χ4n) is 2.03. The molecule has 1 fully saturated rings. The Morgan fingerprint density at radius 3 is 2.53 bits per heavy atom. The van der Waals surface area contributed by atoms with Crippen LogP contribution in [0.25, 0.3) is 0 Å². The van der Waals surface area contributed by atoms with Crippen molar-refractivity contribution in [1.82, 2.24) is 10.2 Å². The van der Waals surface area contributed by atoms with Crippen LogP contribution in [-0.4, -0.2) is 42.7 Å². The summed E-state index contributed by atoms with van der Waals surface area (Å²) in [6.07, 6.45) is 0.329. The summed E-state index contributed by atoms with van der Waals surface area (Å²) >= 11 is 0. The Bertz CT molecular complexity index is 392. The van der Waals surface area contributed by atoms with Crippen LogP contribution in [0, 0.1) is 11.6 Å². The summed E-state index contributed by atoms with van der Waals surface area (Å²) in [5.41, 5.74) is 0.0727. The number of hydrogen-bond acceptors (Lipinski definition) is 3. The molecule has 0 unspecified atom stereocenters. The quantitative estimate of drug-likeness (QED) is 0.833. The van der Waals surface area contributed by atoms with Crippen LogP contribution in [0.2, 0.25) is 0 Å². The molecule has 0 spiro atoms. The average Bonchev–Trinajstić information content (AvgIpc) is 2.35. The van der Waals surface area contributed by atoms with Crippen molar-refractivity contribution in [2.45, 2.75) is 6.42 Å². The molecule has 0 bridgehead atoms. The minimum absolute atomic E-state index is 0.0727. The van der Waals surface area contributed by atoms with E-state index in [1.807, 2.05) is 0 Å². The number of nitrogens with zero attached hydrogens (tertiary/aromatic N) is 1. The van der Waals surface area contributed by atoms with Crippen molar-refractivity contribution in [1.29, 1.82) is 0 Å². The van der Waals surface area contributed by atoms with E-state index in [-0.39, 0.29) is 5.56 Å². The van der Waals surface area contributed by atoms with Gasteiger partial charge in [0, 0.05) is 38.3 Å². The fourth-order valence-corrected chi connectivity index (χ4v) is 2.03. The first-order chi connectivity index (χ1) is 8.18. The van der Waals surface area contributed by atoms with Crippen molar-refractivity contribution < 1.29 is 13.9 Å². The zero-order chi connectivity index (χ0) is 12.3. The summed E-state index contributed by atoms with van der Waals surface area (Å²) in [6.45, 7) is 4.26. The second kappa shape index (κ2) is 5.42. The normalized spacial score (nSPS) is 17.3. The first-order valence-electron chi connectivity index (χ1n) is 5.77. The highest BCUT2D eigenvalue weighted by Crippen LogP contribution is 2.24. The molecule has 3 nitrogen and oxygen atoms in total. The van der Waals surface area contributed by atoms with E-state index < -0.39 is 17.4 Å². The van der Waals surface area contributed by atoms with Gasteiger partial charge in [-0.05, 0) is 18.6 Å². The molecule has 0 atom stereocenters. The molecule has 5 heteroatoms. The van der Waals surface area contributed by atoms with Gasteiger partial charge in [0.1, 0.15) is 5.82 Å². The van der Waals surface area contributed by atoms with Gasteiger partial charge in [0.25, 0.3) is 0 Å². The highest BCUT2D eigenvalue weighted by molar-refractivity contribution is 5.35. The lowest BCUT2D eigenvalue weighted by atomic mass is 10.1. The van der Waals surface area contributed by atoms with Crippen molar-refractivity contribution in [3.63, 3.8) is 0 Å². The number of hydrogen-bond donors (Lipinski definition) is 2. The van der Waals surface area contributed by atoms with Gasteiger partial charge >= 0.3 is 0 Å². The predicted molar refractivity (Wildman–Crippen MR) is 61.0 cm³/mol. The SMILES string of the molecule is Oc1c(F)ccc(F)c1CCN1CCNCC1. The summed E-state index contributed by atoms with van der Waals surface area (Å²) in [5, 5.41) is 12.7. The van der Waals surface area contributed by atoms with Gasteiger partial charge in [-0.1, -0.05) is 0 Å². The molecule has 1 aliphatic heterocycles. The van der Waals surface area contributed by atoms with Crippen LogP contribution in [0.15, 0.2) is 12.1 Å². The van der Waals surface area contributed by atoms with Gasteiger partial charge in [0.2, 0.25) is 0 Å². The highest BCUT2D eigenvalue weighted by Gasteiger charge is 2.15. The number of phenolic OH excluding ortho intramolecular Hbond substituents is 1. The van der Waals surface area contributed by atoms with Crippen LogP contribution in [0.5, 0.6) is 5.75 Å². The van der Waals surface area contributed by atoms with E-state index in [2.05, 4.69) is 10.2 Å². The third-order valence-electron chi connectivity index (χ3n) is 3.06. The van der Waals surface area contributed by atoms with Gasteiger partial charge < -0.3 is 15.3 Å². The third-order valence-corrected chi connectivity index (χ3v) is 3.06. The molecule has 1 aliphatic rings. The Labute approximate surface area is 99.1 Å². The molecule has 2 rings (SSSR count). The van der Waals surface area contributed by atoms with Crippen LogP contribution in [-0.2, 0) is 6.42 Å². The molecular weight excluding hydrogens is 226 g/mol. The molecule has 17 heavy (non-hydrogen) atoms. The molecule has 1 aromatic rings. The van der Waals surface area contributed by atoms with E-state index >= 15 is 0 Å². The van der Waals surface area contributed by atoms with Gasteiger partial charge in [-0.15, -0.1) is 0 Å². The van der Waals surface area contributed by atoms with Crippen molar-refractivity contribution in [2.24, 2.45) is 0 Å². The average molecular weight is 242 g/mol.